The predicted octanol–water partition coefficient (Wildman–Crippen LogP) is 3.84. The fourth-order valence-corrected chi connectivity index (χ4v) is 1.74. The molecular formula is C14H16F3NO2. The van der Waals surface area contributed by atoms with Crippen molar-refractivity contribution in [1.29, 1.82) is 0 Å². The molecule has 6 heteroatoms. The van der Waals surface area contributed by atoms with Crippen molar-refractivity contribution in [3.05, 3.63) is 23.8 Å². The summed E-state index contributed by atoms with van der Waals surface area (Å²) < 4.78 is 43.6. The number of amides is 1. The van der Waals surface area contributed by atoms with E-state index in [1.165, 1.54) is 6.07 Å². The van der Waals surface area contributed by atoms with Gasteiger partial charge < -0.3 is 10.1 Å². The summed E-state index contributed by atoms with van der Waals surface area (Å²) in [5, 5.41) is 2.53. The van der Waals surface area contributed by atoms with Gasteiger partial charge in [0, 0.05) is 5.92 Å². The SMILES string of the molecule is CC(C)Oc1ccc(C(F)(F)F)cc1NC(=O)C1CC1. The molecule has 1 aromatic carbocycles. The molecule has 110 valence electrons. The number of alkyl halides is 3. The second kappa shape index (κ2) is 5.34. The lowest BCUT2D eigenvalue weighted by Crippen LogP contribution is -2.17. The molecule has 0 unspecified atom stereocenters. The van der Waals surface area contributed by atoms with Gasteiger partial charge in [-0.15, -0.1) is 0 Å². The van der Waals surface area contributed by atoms with Crippen LogP contribution in [0.25, 0.3) is 0 Å². The molecule has 0 atom stereocenters. The van der Waals surface area contributed by atoms with E-state index in [1.807, 2.05) is 0 Å². The van der Waals surface area contributed by atoms with Crippen molar-refractivity contribution in [3.8, 4) is 5.75 Å². The maximum atomic E-state index is 12.7. The van der Waals surface area contributed by atoms with Crippen LogP contribution in [0.3, 0.4) is 0 Å². The zero-order chi connectivity index (χ0) is 14.9. The monoisotopic (exact) mass is 287 g/mol. The zero-order valence-electron chi connectivity index (χ0n) is 11.3. The zero-order valence-corrected chi connectivity index (χ0v) is 11.3. The van der Waals surface area contributed by atoms with Crippen LogP contribution in [-0.4, -0.2) is 12.0 Å². The number of anilines is 1. The summed E-state index contributed by atoms with van der Waals surface area (Å²) in [6.45, 7) is 3.54. The number of benzene rings is 1. The Labute approximate surface area is 115 Å². The molecular weight excluding hydrogens is 271 g/mol. The number of ether oxygens (including phenoxy) is 1. The van der Waals surface area contributed by atoms with Gasteiger partial charge in [0.2, 0.25) is 5.91 Å². The van der Waals surface area contributed by atoms with E-state index in [0.717, 1.165) is 25.0 Å². The van der Waals surface area contributed by atoms with Crippen LogP contribution in [0.2, 0.25) is 0 Å². The predicted molar refractivity (Wildman–Crippen MR) is 68.6 cm³/mol. The molecule has 0 radical (unpaired) electrons. The Hall–Kier alpha value is -1.72. The molecule has 1 saturated carbocycles. The molecule has 20 heavy (non-hydrogen) atoms. The molecule has 2 rings (SSSR count). The first-order valence-corrected chi connectivity index (χ1v) is 6.46. The smallest absolute Gasteiger partial charge is 0.416 e. The van der Waals surface area contributed by atoms with Crippen LogP contribution in [0.15, 0.2) is 18.2 Å². The fourth-order valence-electron chi connectivity index (χ4n) is 1.74. The van der Waals surface area contributed by atoms with Gasteiger partial charge in [0.05, 0.1) is 17.4 Å². The number of carbonyl (C=O) groups excluding carboxylic acids is 1. The summed E-state index contributed by atoms with van der Waals surface area (Å²) in [6.07, 6.45) is -3.07. The molecule has 0 aliphatic heterocycles. The van der Waals surface area contributed by atoms with Gasteiger partial charge in [-0.2, -0.15) is 13.2 Å². The number of hydrogen-bond acceptors (Lipinski definition) is 2. The Morgan fingerprint density at radius 2 is 2.00 bits per heavy atom. The maximum absolute atomic E-state index is 12.7. The number of halogens is 3. The van der Waals surface area contributed by atoms with E-state index in [9.17, 15) is 18.0 Å². The molecule has 0 heterocycles. The minimum Gasteiger partial charge on any atom is -0.489 e. The summed E-state index contributed by atoms with van der Waals surface area (Å²) >= 11 is 0. The van der Waals surface area contributed by atoms with E-state index in [-0.39, 0.29) is 29.4 Å². The first-order chi connectivity index (χ1) is 9.27. The highest BCUT2D eigenvalue weighted by molar-refractivity contribution is 5.95. The molecule has 1 aromatic rings. The van der Waals surface area contributed by atoms with Crippen molar-refractivity contribution in [1.82, 2.24) is 0 Å². The summed E-state index contributed by atoms with van der Waals surface area (Å²) in [5.74, 6) is -0.0867. The highest BCUT2D eigenvalue weighted by atomic mass is 19.4. The Kier molecular flexibility index (Phi) is 3.92. The van der Waals surface area contributed by atoms with Crippen molar-refractivity contribution in [3.63, 3.8) is 0 Å². The van der Waals surface area contributed by atoms with Crippen molar-refractivity contribution in [2.75, 3.05) is 5.32 Å². The molecule has 1 amide bonds. The van der Waals surface area contributed by atoms with E-state index < -0.39 is 11.7 Å². The first kappa shape index (κ1) is 14.7. The van der Waals surface area contributed by atoms with Crippen LogP contribution in [0.4, 0.5) is 18.9 Å². The fraction of sp³-hybridized carbons (Fsp3) is 0.500. The number of hydrogen-bond donors (Lipinski definition) is 1. The minimum atomic E-state index is -4.45. The third kappa shape index (κ3) is 3.65. The molecule has 3 nitrogen and oxygen atoms in total. The minimum absolute atomic E-state index is 0.0745. The van der Waals surface area contributed by atoms with Crippen LogP contribution in [0.1, 0.15) is 32.3 Å². The highest BCUT2D eigenvalue weighted by Gasteiger charge is 2.33. The van der Waals surface area contributed by atoms with Gasteiger partial charge in [0.15, 0.2) is 0 Å². The molecule has 1 N–H and O–H groups in total. The lowest BCUT2D eigenvalue weighted by molar-refractivity contribution is -0.137. The van der Waals surface area contributed by atoms with E-state index in [0.29, 0.717) is 0 Å². The second-order valence-electron chi connectivity index (χ2n) is 5.14. The van der Waals surface area contributed by atoms with Gasteiger partial charge in [0.25, 0.3) is 0 Å². The average Bonchev–Trinajstić information content (AvgIpc) is 3.13. The second-order valence-corrected chi connectivity index (χ2v) is 5.14. The molecule has 0 aromatic heterocycles. The summed E-state index contributed by atoms with van der Waals surface area (Å²) in [5.41, 5.74) is -0.731. The van der Waals surface area contributed by atoms with Crippen molar-refractivity contribution < 1.29 is 22.7 Å². The van der Waals surface area contributed by atoms with Crippen molar-refractivity contribution >= 4 is 11.6 Å². The van der Waals surface area contributed by atoms with Crippen LogP contribution < -0.4 is 10.1 Å². The molecule has 1 aliphatic carbocycles. The topological polar surface area (TPSA) is 38.3 Å². The van der Waals surface area contributed by atoms with Crippen LogP contribution in [-0.2, 0) is 11.0 Å². The van der Waals surface area contributed by atoms with Gasteiger partial charge >= 0.3 is 6.18 Å². The largest absolute Gasteiger partial charge is 0.489 e. The van der Waals surface area contributed by atoms with Gasteiger partial charge in [-0.25, -0.2) is 0 Å². The maximum Gasteiger partial charge on any atom is 0.416 e. The molecule has 0 bridgehead atoms. The highest BCUT2D eigenvalue weighted by Crippen LogP contribution is 2.37. The Balaban J connectivity index is 2.28. The van der Waals surface area contributed by atoms with Gasteiger partial charge in [-0.1, -0.05) is 0 Å². The standard InChI is InChI=1S/C14H16F3NO2/c1-8(2)20-12-6-5-10(14(15,16)17)7-11(12)18-13(19)9-3-4-9/h5-9H,3-4H2,1-2H3,(H,18,19). The Morgan fingerprint density at radius 1 is 1.35 bits per heavy atom. The number of rotatable bonds is 4. The lowest BCUT2D eigenvalue weighted by atomic mass is 10.1. The van der Waals surface area contributed by atoms with E-state index >= 15 is 0 Å². The van der Waals surface area contributed by atoms with E-state index in [2.05, 4.69) is 5.32 Å². The van der Waals surface area contributed by atoms with E-state index in [4.69, 9.17) is 4.74 Å². The normalized spacial score (nSPS) is 15.3. The van der Waals surface area contributed by atoms with E-state index in [1.54, 1.807) is 13.8 Å². The van der Waals surface area contributed by atoms with Crippen LogP contribution in [0, 0.1) is 5.92 Å². The molecule has 0 saturated heterocycles. The Bertz CT molecular complexity index is 508. The first-order valence-electron chi connectivity index (χ1n) is 6.46. The molecule has 1 fully saturated rings. The average molecular weight is 287 g/mol. The Morgan fingerprint density at radius 3 is 2.50 bits per heavy atom. The third-order valence-corrected chi connectivity index (χ3v) is 2.88. The van der Waals surface area contributed by atoms with Gasteiger partial charge in [-0.05, 0) is 44.9 Å². The van der Waals surface area contributed by atoms with Gasteiger partial charge in [-0.3, -0.25) is 4.79 Å². The molecule has 1 aliphatic rings. The molecule has 0 spiro atoms. The third-order valence-electron chi connectivity index (χ3n) is 2.88. The summed E-state index contributed by atoms with van der Waals surface area (Å²) in [4.78, 5) is 11.7. The van der Waals surface area contributed by atoms with Crippen molar-refractivity contribution in [2.45, 2.75) is 39.0 Å². The van der Waals surface area contributed by atoms with Crippen LogP contribution >= 0.6 is 0 Å². The quantitative estimate of drug-likeness (QED) is 0.913. The van der Waals surface area contributed by atoms with Gasteiger partial charge in [0.1, 0.15) is 5.75 Å². The lowest BCUT2D eigenvalue weighted by Gasteiger charge is -2.17. The summed E-state index contributed by atoms with van der Waals surface area (Å²) in [6, 6.07) is 3.10. The number of carbonyl (C=O) groups is 1. The summed E-state index contributed by atoms with van der Waals surface area (Å²) in [7, 11) is 0. The van der Waals surface area contributed by atoms with Crippen LogP contribution in [0.5, 0.6) is 5.75 Å². The number of nitrogens with one attached hydrogen (secondary N) is 1. The van der Waals surface area contributed by atoms with Crippen molar-refractivity contribution in [2.24, 2.45) is 5.92 Å².